The topological polar surface area (TPSA) is 30.7 Å². The van der Waals surface area contributed by atoms with Gasteiger partial charge in [0, 0.05) is 13.0 Å². The van der Waals surface area contributed by atoms with Gasteiger partial charge in [0.15, 0.2) is 29.1 Å². The van der Waals surface area contributed by atoms with Crippen molar-refractivity contribution in [2.75, 3.05) is 0 Å². The summed E-state index contributed by atoms with van der Waals surface area (Å²) < 4.78 is 67.8. The van der Waals surface area contributed by atoms with Gasteiger partial charge in [-0.2, -0.15) is 0 Å². The fourth-order valence-electron chi connectivity index (χ4n) is 2.14. The third-order valence-electron chi connectivity index (χ3n) is 3.04. The quantitative estimate of drug-likeness (QED) is 0.455. The Morgan fingerprint density at radius 2 is 1.37 bits per heavy atom. The van der Waals surface area contributed by atoms with E-state index in [1.807, 2.05) is 0 Å². The van der Waals surface area contributed by atoms with Crippen LogP contribution in [-0.2, 0) is 13.0 Å². The highest BCUT2D eigenvalue weighted by atomic mass is 19.2. The standard InChI is InChI=1S/C11H6F5N3/c12-6-5(7(13)9(15)10(16)8(6)14)11-18-17-4-2-1-3-19(4)11/h1-3H2. The molecule has 0 aliphatic carbocycles. The first-order chi connectivity index (χ1) is 9.02. The molecule has 0 N–H and O–H groups in total. The number of hydrogen-bond acceptors (Lipinski definition) is 2. The molecule has 0 fully saturated rings. The highest BCUT2D eigenvalue weighted by molar-refractivity contribution is 5.58. The molecule has 1 aromatic carbocycles. The van der Waals surface area contributed by atoms with Crippen molar-refractivity contribution in [3.63, 3.8) is 0 Å². The minimum Gasteiger partial charge on any atom is -0.311 e. The van der Waals surface area contributed by atoms with E-state index in [9.17, 15) is 22.0 Å². The zero-order chi connectivity index (χ0) is 13.7. The van der Waals surface area contributed by atoms with Crippen LogP contribution < -0.4 is 0 Å². The molecule has 3 rings (SSSR count). The molecule has 19 heavy (non-hydrogen) atoms. The van der Waals surface area contributed by atoms with Crippen molar-refractivity contribution in [1.82, 2.24) is 14.8 Å². The molecule has 1 aliphatic rings. The van der Waals surface area contributed by atoms with Crippen molar-refractivity contribution < 1.29 is 22.0 Å². The Bertz CT molecular complexity index is 650. The van der Waals surface area contributed by atoms with Crippen LogP contribution in [-0.4, -0.2) is 14.8 Å². The molecular weight excluding hydrogens is 269 g/mol. The molecule has 3 nitrogen and oxygen atoms in total. The van der Waals surface area contributed by atoms with Crippen molar-refractivity contribution in [3.05, 3.63) is 34.9 Å². The number of fused-ring (bicyclic) bond motifs is 1. The average molecular weight is 275 g/mol. The van der Waals surface area contributed by atoms with Crippen molar-refractivity contribution in [1.29, 1.82) is 0 Å². The molecule has 0 spiro atoms. The summed E-state index contributed by atoms with van der Waals surface area (Å²) in [5, 5.41) is 7.20. The van der Waals surface area contributed by atoms with Gasteiger partial charge < -0.3 is 4.57 Å². The van der Waals surface area contributed by atoms with Gasteiger partial charge in [0.1, 0.15) is 5.82 Å². The molecule has 0 radical (unpaired) electrons. The molecule has 0 atom stereocenters. The maximum atomic E-state index is 13.6. The third kappa shape index (κ3) is 1.55. The van der Waals surface area contributed by atoms with Gasteiger partial charge in [-0.05, 0) is 6.42 Å². The molecule has 0 amide bonds. The summed E-state index contributed by atoms with van der Waals surface area (Å²) in [6.07, 6.45) is 1.25. The predicted molar refractivity (Wildman–Crippen MR) is 53.6 cm³/mol. The Labute approximate surface area is 103 Å². The van der Waals surface area contributed by atoms with Crippen LogP contribution in [0, 0.1) is 29.1 Å². The molecular formula is C11H6F5N3. The Balaban J connectivity index is 2.31. The Hall–Kier alpha value is -1.99. The first-order valence-corrected chi connectivity index (χ1v) is 5.46. The normalized spacial score (nSPS) is 13.9. The second-order valence-corrected chi connectivity index (χ2v) is 4.14. The molecule has 1 aromatic heterocycles. The van der Waals surface area contributed by atoms with Gasteiger partial charge in [-0.15, -0.1) is 10.2 Å². The van der Waals surface area contributed by atoms with Crippen molar-refractivity contribution in [3.8, 4) is 11.4 Å². The molecule has 2 heterocycles. The lowest BCUT2D eigenvalue weighted by Crippen LogP contribution is -2.07. The summed E-state index contributed by atoms with van der Waals surface area (Å²) in [6, 6.07) is 0. The lowest BCUT2D eigenvalue weighted by atomic mass is 10.1. The summed E-state index contributed by atoms with van der Waals surface area (Å²) in [7, 11) is 0. The van der Waals surface area contributed by atoms with Gasteiger partial charge >= 0.3 is 0 Å². The number of aryl methyl sites for hydroxylation is 1. The van der Waals surface area contributed by atoms with Crippen molar-refractivity contribution >= 4 is 0 Å². The van der Waals surface area contributed by atoms with Crippen LogP contribution in [0.5, 0.6) is 0 Å². The van der Waals surface area contributed by atoms with Gasteiger partial charge in [-0.3, -0.25) is 0 Å². The molecule has 1 aliphatic heterocycles. The molecule has 8 heteroatoms. The van der Waals surface area contributed by atoms with Gasteiger partial charge in [0.2, 0.25) is 5.82 Å². The number of halogens is 5. The second kappa shape index (κ2) is 4.01. The average Bonchev–Trinajstić information content (AvgIpc) is 2.98. The van der Waals surface area contributed by atoms with Crippen LogP contribution in [0.2, 0.25) is 0 Å². The summed E-state index contributed by atoms with van der Waals surface area (Å²) in [6.45, 7) is 0.386. The van der Waals surface area contributed by atoms with Crippen molar-refractivity contribution in [2.45, 2.75) is 19.4 Å². The first kappa shape index (κ1) is 12.1. The number of benzene rings is 1. The Morgan fingerprint density at radius 1 is 0.789 bits per heavy atom. The van der Waals surface area contributed by atoms with Gasteiger partial charge in [0.25, 0.3) is 0 Å². The van der Waals surface area contributed by atoms with Crippen LogP contribution in [0.3, 0.4) is 0 Å². The van der Waals surface area contributed by atoms with E-state index in [2.05, 4.69) is 10.2 Å². The molecule has 100 valence electrons. The molecule has 0 saturated carbocycles. The van der Waals surface area contributed by atoms with Crippen LogP contribution in [0.15, 0.2) is 0 Å². The highest BCUT2D eigenvalue weighted by Crippen LogP contribution is 2.32. The lowest BCUT2D eigenvalue weighted by Gasteiger charge is -2.08. The van der Waals surface area contributed by atoms with E-state index in [0.717, 1.165) is 0 Å². The zero-order valence-electron chi connectivity index (χ0n) is 9.35. The number of hydrogen-bond donors (Lipinski definition) is 0. The molecule has 2 aromatic rings. The Morgan fingerprint density at radius 3 is 2.00 bits per heavy atom. The molecule has 0 bridgehead atoms. The second-order valence-electron chi connectivity index (χ2n) is 4.14. The van der Waals surface area contributed by atoms with Gasteiger partial charge in [-0.25, -0.2) is 22.0 Å². The largest absolute Gasteiger partial charge is 0.311 e. The van der Waals surface area contributed by atoms with Crippen LogP contribution in [0.4, 0.5) is 22.0 Å². The maximum Gasteiger partial charge on any atom is 0.200 e. The van der Waals surface area contributed by atoms with E-state index in [4.69, 9.17) is 0 Å². The lowest BCUT2D eigenvalue weighted by molar-refractivity contribution is 0.380. The summed E-state index contributed by atoms with van der Waals surface area (Å²) in [5.74, 6) is -9.79. The van der Waals surface area contributed by atoms with E-state index in [-0.39, 0.29) is 5.82 Å². The van der Waals surface area contributed by atoms with E-state index < -0.39 is 34.6 Å². The summed E-state index contributed by atoms with van der Waals surface area (Å²) >= 11 is 0. The maximum absolute atomic E-state index is 13.6. The smallest absolute Gasteiger partial charge is 0.200 e. The van der Waals surface area contributed by atoms with Crippen LogP contribution >= 0.6 is 0 Å². The third-order valence-corrected chi connectivity index (χ3v) is 3.04. The highest BCUT2D eigenvalue weighted by Gasteiger charge is 2.30. The fourth-order valence-corrected chi connectivity index (χ4v) is 2.14. The van der Waals surface area contributed by atoms with E-state index >= 15 is 0 Å². The zero-order valence-corrected chi connectivity index (χ0v) is 9.35. The predicted octanol–water partition coefficient (Wildman–Crippen LogP) is 2.59. The van der Waals surface area contributed by atoms with E-state index in [1.54, 1.807) is 0 Å². The fraction of sp³-hybridized carbons (Fsp3) is 0.273. The number of rotatable bonds is 1. The Kier molecular flexibility index (Phi) is 2.54. The van der Waals surface area contributed by atoms with E-state index in [0.29, 0.717) is 25.2 Å². The SMILES string of the molecule is Fc1c(F)c(F)c(-c2nnc3n2CCC3)c(F)c1F. The minimum absolute atomic E-state index is 0.333. The number of aromatic nitrogens is 3. The van der Waals surface area contributed by atoms with Gasteiger partial charge in [0.05, 0.1) is 5.56 Å². The van der Waals surface area contributed by atoms with Crippen molar-refractivity contribution in [2.24, 2.45) is 0 Å². The molecule has 0 unspecified atom stereocenters. The monoisotopic (exact) mass is 275 g/mol. The van der Waals surface area contributed by atoms with Gasteiger partial charge in [-0.1, -0.05) is 0 Å². The molecule has 0 saturated heterocycles. The minimum atomic E-state index is -2.18. The van der Waals surface area contributed by atoms with E-state index in [1.165, 1.54) is 4.57 Å². The van der Waals surface area contributed by atoms with Crippen LogP contribution in [0.1, 0.15) is 12.2 Å². The summed E-state index contributed by atoms with van der Waals surface area (Å²) in [5.41, 5.74) is -1.03. The first-order valence-electron chi connectivity index (χ1n) is 5.46. The van der Waals surface area contributed by atoms with Crippen LogP contribution in [0.25, 0.3) is 11.4 Å². The number of nitrogens with zero attached hydrogens (tertiary/aromatic N) is 3. The summed E-state index contributed by atoms with van der Waals surface area (Å²) in [4.78, 5) is 0.